The lowest BCUT2D eigenvalue weighted by molar-refractivity contribution is -0.384. The van der Waals surface area contributed by atoms with E-state index in [0.717, 1.165) is 12.2 Å². The third-order valence-electron chi connectivity index (χ3n) is 4.78. The van der Waals surface area contributed by atoms with E-state index < -0.39 is 28.7 Å². The highest BCUT2D eigenvalue weighted by Crippen LogP contribution is 2.41. The summed E-state index contributed by atoms with van der Waals surface area (Å²) < 4.78 is 10.6. The number of hydrogen-bond acceptors (Lipinski definition) is 8. The Kier molecular flexibility index (Phi) is 9.23. The first-order valence-corrected chi connectivity index (χ1v) is 11.4. The van der Waals surface area contributed by atoms with Crippen molar-refractivity contribution in [2.24, 2.45) is 10.9 Å². The van der Waals surface area contributed by atoms with Crippen LogP contribution < -0.4 is 0 Å². The zero-order valence-corrected chi connectivity index (χ0v) is 19.1. The largest absolute Gasteiger partial charge is 0.465 e. The highest BCUT2D eigenvalue weighted by atomic mass is 32.2. The molecule has 0 aliphatic carbocycles. The van der Waals surface area contributed by atoms with Crippen LogP contribution in [0.25, 0.3) is 0 Å². The van der Waals surface area contributed by atoms with Gasteiger partial charge in [0.2, 0.25) is 0 Å². The van der Waals surface area contributed by atoms with Gasteiger partial charge in [0.15, 0.2) is 0 Å². The molecule has 1 aliphatic heterocycles. The number of non-ortho nitro benzene ring substituents is 1. The number of esters is 2. The molecule has 1 aliphatic rings. The zero-order chi connectivity index (χ0) is 23.0. The first-order valence-electron chi connectivity index (χ1n) is 10.3. The predicted molar refractivity (Wildman–Crippen MR) is 120 cm³/mol. The van der Waals surface area contributed by atoms with E-state index in [2.05, 4.69) is 11.9 Å². The number of nitro groups is 1. The van der Waals surface area contributed by atoms with Crippen molar-refractivity contribution in [2.45, 2.75) is 40.0 Å². The highest BCUT2D eigenvalue weighted by Gasteiger charge is 2.43. The van der Waals surface area contributed by atoms with Gasteiger partial charge in [0.05, 0.1) is 29.4 Å². The van der Waals surface area contributed by atoms with Gasteiger partial charge in [-0.1, -0.05) is 19.1 Å². The molecule has 0 aromatic heterocycles. The second-order valence-corrected chi connectivity index (χ2v) is 8.05. The molecule has 0 saturated heterocycles. The molecular weight excluding hydrogens is 420 g/mol. The van der Waals surface area contributed by atoms with Gasteiger partial charge in [0.1, 0.15) is 5.92 Å². The predicted octanol–water partition coefficient (Wildman–Crippen LogP) is 4.29. The van der Waals surface area contributed by atoms with Crippen LogP contribution in [0.1, 0.15) is 45.6 Å². The summed E-state index contributed by atoms with van der Waals surface area (Å²) >= 11 is 1.63. The summed E-state index contributed by atoms with van der Waals surface area (Å²) in [6.45, 7) is 7.51. The van der Waals surface area contributed by atoms with Crippen molar-refractivity contribution in [1.29, 1.82) is 0 Å². The zero-order valence-electron chi connectivity index (χ0n) is 18.3. The summed E-state index contributed by atoms with van der Waals surface area (Å²) in [6.07, 6.45) is 0.967. The quantitative estimate of drug-likeness (QED) is 0.227. The summed E-state index contributed by atoms with van der Waals surface area (Å²) in [5.41, 5.74) is 1.66. The fraction of sp³-hybridized carbons (Fsp3) is 0.500. The summed E-state index contributed by atoms with van der Waals surface area (Å²) in [5, 5.41) is 11.4. The third-order valence-corrected chi connectivity index (χ3v) is 5.95. The Morgan fingerprint density at radius 3 is 2.52 bits per heavy atom. The summed E-state index contributed by atoms with van der Waals surface area (Å²) in [7, 11) is 0. The highest BCUT2D eigenvalue weighted by molar-refractivity contribution is 7.99. The molecule has 2 atom stereocenters. The Hall–Kier alpha value is -2.68. The van der Waals surface area contributed by atoms with Crippen molar-refractivity contribution in [3.63, 3.8) is 0 Å². The van der Waals surface area contributed by atoms with E-state index in [4.69, 9.17) is 9.47 Å². The molecule has 0 saturated carbocycles. The number of carbonyl (C=O) groups excluding carboxylic acids is 2. The maximum absolute atomic E-state index is 13.0. The van der Waals surface area contributed by atoms with E-state index >= 15 is 0 Å². The Labute approximate surface area is 186 Å². The normalized spacial score (nSPS) is 18.4. The fourth-order valence-corrected chi connectivity index (χ4v) is 4.38. The molecule has 9 heteroatoms. The van der Waals surface area contributed by atoms with Crippen LogP contribution in [0.2, 0.25) is 0 Å². The fourth-order valence-electron chi connectivity index (χ4n) is 3.54. The molecule has 8 nitrogen and oxygen atoms in total. The van der Waals surface area contributed by atoms with Gasteiger partial charge in [0.25, 0.3) is 5.69 Å². The number of ether oxygens (including phenoxy) is 2. The molecule has 1 aromatic rings. The molecule has 0 bridgehead atoms. The molecule has 2 unspecified atom stereocenters. The van der Waals surface area contributed by atoms with Crippen LogP contribution in [0.5, 0.6) is 0 Å². The number of nitro benzene ring substituents is 1. The van der Waals surface area contributed by atoms with Gasteiger partial charge in [-0.15, -0.1) is 0 Å². The van der Waals surface area contributed by atoms with Crippen molar-refractivity contribution in [3.8, 4) is 0 Å². The number of benzene rings is 1. The number of thioether (sulfide) groups is 1. The third kappa shape index (κ3) is 5.94. The second-order valence-electron chi connectivity index (χ2n) is 6.95. The van der Waals surface area contributed by atoms with E-state index in [0.29, 0.717) is 22.7 Å². The lowest BCUT2D eigenvalue weighted by Gasteiger charge is -2.32. The van der Waals surface area contributed by atoms with Gasteiger partial charge in [0, 0.05) is 29.5 Å². The van der Waals surface area contributed by atoms with E-state index in [1.54, 1.807) is 44.7 Å². The van der Waals surface area contributed by atoms with Gasteiger partial charge in [-0.05, 0) is 38.5 Å². The number of carbonyl (C=O) groups is 2. The molecule has 1 aromatic carbocycles. The van der Waals surface area contributed by atoms with Crippen molar-refractivity contribution >= 4 is 35.1 Å². The van der Waals surface area contributed by atoms with E-state index in [-0.39, 0.29) is 24.5 Å². The van der Waals surface area contributed by atoms with Crippen LogP contribution in [0.15, 0.2) is 40.5 Å². The molecule has 0 radical (unpaired) electrons. The van der Waals surface area contributed by atoms with Crippen molar-refractivity contribution in [1.82, 2.24) is 0 Å². The van der Waals surface area contributed by atoms with Crippen molar-refractivity contribution in [3.05, 3.63) is 51.2 Å². The second kappa shape index (κ2) is 11.6. The first kappa shape index (κ1) is 24.6. The molecular formula is C22H28N2O6S. The average molecular weight is 449 g/mol. The molecule has 1 heterocycles. The van der Waals surface area contributed by atoms with Gasteiger partial charge in [-0.2, -0.15) is 11.8 Å². The van der Waals surface area contributed by atoms with Gasteiger partial charge < -0.3 is 9.47 Å². The minimum Gasteiger partial charge on any atom is -0.465 e. The maximum Gasteiger partial charge on any atom is 0.336 e. The van der Waals surface area contributed by atoms with Crippen LogP contribution in [0, 0.1) is 16.0 Å². The molecule has 0 N–H and O–H groups in total. The van der Waals surface area contributed by atoms with E-state index in [9.17, 15) is 19.7 Å². The first-order chi connectivity index (χ1) is 14.8. The maximum atomic E-state index is 13.0. The lowest BCUT2D eigenvalue weighted by atomic mass is 9.75. The number of hydrogen-bond donors (Lipinski definition) is 0. The van der Waals surface area contributed by atoms with Crippen molar-refractivity contribution < 1.29 is 24.0 Å². The van der Waals surface area contributed by atoms with Crippen LogP contribution >= 0.6 is 11.8 Å². The minimum absolute atomic E-state index is 0.120. The molecule has 2 rings (SSSR count). The molecule has 31 heavy (non-hydrogen) atoms. The molecule has 0 spiro atoms. The minimum atomic E-state index is -0.874. The standard InChI is InChI=1S/C22H28N2O6S/c1-5-11-31-13-17-20(22(26)30-7-3)19(15-9-8-10-16(12-15)24(27)28)18(14(4)23-17)21(25)29-6-2/h8-10,12,18-19H,5-7,11,13H2,1-4H3. The van der Waals surface area contributed by atoms with Crippen LogP contribution in [0.4, 0.5) is 5.69 Å². The number of nitrogens with zero attached hydrogens (tertiary/aromatic N) is 2. The molecule has 168 valence electrons. The Bertz CT molecular complexity index is 896. The SMILES string of the molecule is CCCSCC1=C(C(=O)OCC)C(c2cccc([N+](=O)[O-])c2)C(C(=O)OCC)C(C)=N1. The smallest absolute Gasteiger partial charge is 0.336 e. The lowest BCUT2D eigenvalue weighted by Crippen LogP contribution is -2.37. The van der Waals surface area contributed by atoms with Crippen molar-refractivity contribution in [2.75, 3.05) is 24.7 Å². The van der Waals surface area contributed by atoms with Gasteiger partial charge in [-0.25, -0.2) is 4.79 Å². The van der Waals surface area contributed by atoms with E-state index in [1.807, 2.05) is 0 Å². The molecule has 0 fully saturated rings. The van der Waals surface area contributed by atoms with Crippen LogP contribution in [-0.2, 0) is 19.1 Å². The summed E-state index contributed by atoms with van der Waals surface area (Å²) in [6, 6.07) is 5.99. The number of rotatable bonds is 10. The van der Waals surface area contributed by atoms with Crippen LogP contribution in [-0.4, -0.2) is 47.3 Å². The number of aliphatic imine (C=N–C) groups is 1. The summed E-state index contributed by atoms with van der Waals surface area (Å²) in [5.74, 6) is -1.40. The molecule has 0 amide bonds. The summed E-state index contributed by atoms with van der Waals surface area (Å²) in [4.78, 5) is 41.4. The topological polar surface area (TPSA) is 108 Å². The Morgan fingerprint density at radius 1 is 1.19 bits per heavy atom. The average Bonchev–Trinajstić information content (AvgIpc) is 2.73. The Morgan fingerprint density at radius 2 is 1.90 bits per heavy atom. The van der Waals surface area contributed by atoms with E-state index in [1.165, 1.54) is 12.1 Å². The van der Waals surface area contributed by atoms with Crippen LogP contribution in [0.3, 0.4) is 0 Å². The Balaban J connectivity index is 2.70. The monoisotopic (exact) mass is 448 g/mol. The van der Waals surface area contributed by atoms with Gasteiger partial charge in [-0.3, -0.25) is 19.9 Å². The van der Waals surface area contributed by atoms with Gasteiger partial charge >= 0.3 is 11.9 Å².